The summed E-state index contributed by atoms with van der Waals surface area (Å²) < 4.78 is 14.6. The molecular formula is C13H5Cl2FN4. The van der Waals surface area contributed by atoms with Gasteiger partial charge in [-0.05, 0) is 17.7 Å². The molecule has 20 heavy (non-hydrogen) atoms. The van der Waals surface area contributed by atoms with Crippen molar-refractivity contribution >= 4 is 28.8 Å². The van der Waals surface area contributed by atoms with Crippen LogP contribution in [0.5, 0.6) is 0 Å². The van der Waals surface area contributed by atoms with Gasteiger partial charge in [0.2, 0.25) is 0 Å². The lowest BCUT2D eigenvalue weighted by Crippen LogP contribution is -1.97. The van der Waals surface area contributed by atoms with E-state index in [9.17, 15) is 4.39 Å². The molecule has 3 rings (SSSR count). The van der Waals surface area contributed by atoms with Crippen LogP contribution in [0.15, 0.2) is 30.5 Å². The Morgan fingerprint density at radius 2 is 2.10 bits per heavy atom. The van der Waals surface area contributed by atoms with Gasteiger partial charge in [0.1, 0.15) is 27.8 Å². The van der Waals surface area contributed by atoms with E-state index >= 15 is 0 Å². The number of hydrogen-bond donors (Lipinski definition) is 0. The van der Waals surface area contributed by atoms with Crippen molar-refractivity contribution in [2.24, 2.45) is 0 Å². The number of nitrogens with zero attached hydrogens (tertiary/aromatic N) is 4. The molecule has 0 bridgehead atoms. The number of nitriles is 1. The molecule has 1 aromatic carbocycles. The summed E-state index contributed by atoms with van der Waals surface area (Å²) in [5, 5.41) is 13.2. The Labute approximate surface area is 123 Å². The van der Waals surface area contributed by atoms with E-state index in [1.807, 2.05) is 6.07 Å². The normalized spacial score (nSPS) is 10.7. The summed E-state index contributed by atoms with van der Waals surface area (Å²) >= 11 is 12.4. The first kappa shape index (κ1) is 12.9. The monoisotopic (exact) mass is 306 g/mol. The minimum atomic E-state index is -0.409. The molecule has 0 spiro atoms. The molecule has 0 fully saturated rings. The van der Waals surface area contributed by atoms with Crippen LogP contribution in [0, 0.1) is 17.1 Å². The quantitative estimate of drug-likeness (QED) is 0.644. The molecule has 3 aromatic rings. The first-order valence-electron chi connectivity index (χ1n) is 5.50. The van der Waals surface area contributed by atoms with Crippen molar-refractivity contribution in [2.75, 3.05) is 0 Å². The zero-order valence-electron chi connectivity index (χ0n) is 9.81. The minimum Gasteiger partial charge on any atom is -0.215 e. The van der Waals surface area contributed by atoms with Crippen molar-refractivity contribution in [3.8, 4) is 17.2 Å². The summed E-state index contributed by atoms with van der Waals surface area (Å²) in [4.78, 5) is 4.11. The average Bonchev–Trinajstić information content (AvgIpc) is 2.82. The molecule has 7 heteroatoms. The smallest absolute Gasteiger partial charge is 0.176 e. The molecule has 0 unspecified atom stereocenters. The number of halogens is 3. The molecule has 0 aliphatic rings. The Balaban J connectivity index is 2.35. The third-order valence-electron chi connectivity index (χ3n) is 2.78. The van der Waals surface area contributed by atoms with Crippen molar-refractivity contribution < 1.29 is 4.39 Å². The standard InChI is InChI=1S/C13H5Cl2FN4/c14-11-10(7-2-1-3-9(16)4-7)12(15)20-13(19-11)8(5-17)6-18-20/h1-4,6H. The van der Waals surface area contributed by atoms with Crippen LogP contribution >= 0.6 is 23.2 Å². The lowest BCUT2D eigenvalue weighted by molar-refractivity contribution is 0.628. The Morgan fingerprint density at radius 1 is 1.30 bits per heavy atom. The maximum Gasteiger partial charge on any atom is 0.176 e. The summed E-state index contributed by atoms with van der Waals surface area (Å²) in [6.07, 6.45) is 1.35. The second-order valence-corrected chi connectivity index (χ2v) is 4.70. The van der Waals surface area contributed by atoms with Gasteiger partial charge < -0.3 is 0 Å². The number of hydrogen-bond acceptors (Lipinski definition) is 3. The fourth-order valence-electron chi connectivity index (χ4n) is 1.89. The van der Waals surface area contributed by atoms with Gasteiger partial charge >= 0.3 is 0 Å². The van der Waals surface area contributed by atoms with E-state index in [4.69, 9.17) is 28.5 Å². The summed E-state index contributed by atoms with van der Waals surface area (Å²) in [7, 11) is 0. The molecule has 0 aliphatic carbocycles. The van der Waals surface area contributed by atoms with E-state index in [0.29, 0.717) is 11.1 Å². The van der Waals surface area contributed by atoms with Crippen LogP contribution in [0.25, 0.3) is 16.8 Å². The molecule has 2 heterocycles. The Morgan fingerprint density at radius 3 is 2.80 bits per heavy atom. The molecule has 0 aliphatic heterocycles. The van der Waals surface area contributed by atoms with Crippen molar-refractivity contribution in [1.29, 1.82) is 5.26 Å². The second-order valence-electron chi connectivity index (χ2n) is 3.98. The molecule has 98 valence electrons. The number of fused-ring (bicyclic) bond motifs is 1. The maximum atomic E-state index is 13.3. The second kappa shape index (κ2) is 4.75. The van der Waals surface area contributed by atoms with E-state index in [-0.39, 0.29) is 21.5 Å². The molecule has 0 saturated heterocycles. The van der Waals surface area contributed by atoms with Gasteiger partial charge in [-0.2, -0.15) is 10.4 Å². The predicted molar refractivity (Wildman–Crippen MR) is 73.1 cm³/mol. The lowest BCUT2D eigenvalue weighted by Gasteiger charge is -2.08. The summed E-state index contributed by atoms with van der Waals surface area (Å²) in [6, 6.07) is 7.78. The van der Waals surface area contributed by atoms with Crippen LogP contribution < -0.4 is 0 Å². The van der Waals surface area contributed by atoms with Crippen LogP contribution in [0.1, 0.15) is 5.56 Å². The Kier molecular flexibility index (Phi) is 3.05. The molecule has 0 radical (unpaired) electrons. The van der Waals surface area contributed by atoms with Gasteiger partial charge in [0, 0.05) is 0 Å². The fraction of sp³-hybridized carbons (Fsp3) is 0. The first-order valence-corrected chi connectivity index (χ1v) is 6.26. The maximum absolute atomic E-state index is 13.3. The summed E-state index contributed by atoms with van der Waals surface area (Å²) in [5.41, 5.74) is 1.39. The third-order valence-corrected chi connectivity index (χ3v) is 3.40. The van der Waals surface area contributed by atoms with Gasteiger partial charge in [0.05, 0.1) is 11.8 Å². The van der Waals surface area contributed by atoms with E-state index < -0.39 is 5.82 Å². The molecule has 0 amide bonds. The summed E-state index contributed by atoms with van der Waals surface area (Å²) in [5.74, 6) is -0.409. The van der Waals surface area contributed by atoms with Gasteiger partial charge in [0.25, 0.3) is 0 Å². The number of benzene rings is 1. The summed E-state index contributed by atoms with van der Waals surface area (Å²) in [6.45, 7) is 0. The topological polar surface area (TPSA) is 54.0 Å². The first-order chi connectivity index (χ1) is 9.61. The zero-order chi connectivity index (χ0) is 14.3. The molecule has 0 saturated carbocycles. The van der Waals surface area contributed by atoms with Crippen molar-refractivity contribution in [3.63, 3.8) is 0 Å². The molecule has 4 nitrogen and oxygen atoms in total. The van der Waals surface area contributed by atoms with Crippen molar-refractivity contribution in [1.82, 2.24) is 14.6 Å². The largest absolute Gasteiger partial charge is 0.215 e. The lowest BCUT2D eigenvalue weighted by atomic mass is 10.1. The highest BCUT2D eigenvalue weighted by molar-refractivity contribution is 6.38. The SMILES string of the molecule is N#Cc1cnn2c(Cl)c(-c3cccc(F)c3)c(Cl)nc12. The van der Waals surface area contributed by atoms with Gasteiger partial charge in [-0.25, -0.2) is 13.9 Å². The van der Waals surface area contributed by atoms with E-state index in [0.717, 1.165) is 0 Å². The predicted octanol–water partition coefficient (Wildman–Crippen LogP) is 3.71. The van der Waals surface area contributed by atoms with Crippen LogP contribution in [0.3, 0.4) is 0 Å². The van der Waals surface area contributed by atoms with Gasteiger partial charge in [-0.1, -0.05) is 35.3 Å². The Bertz CT molecular complexity index is 867. The van der Waals surface area contributed by atoms with Crippen molar-refractivity contribution in [2.45, 2.75) is 0 Å². The fourth-order valence-corrected chi connectivity index (χ4v) is 2.54. The number of aromatic nitrogens is 3. The average molecular weight is 307 g/mol. The highest BCUT2D eigenvalue weighted by Gasteiger charge is 2.17. The van der Waals surface area contributed by atoms with Crippen LogP contribution in [0.4, 0.5) is 4.39 Å². The molecule has 0 atom stereocenters. The Hall–Kier alpha value is -2.16. The molecular weight excluding hydrogens is 302 g/mol. The van der Waals surface area contributed by atoms with Gasteiger partial charge in [-0.15, -0.1) is 0 Å². The van der Waals surface area contributed by atoms with E-state index in [1.54, 1.807) is 12.1 Å². The zero-order valence-corrected chi connectivity index (χ0v) is 11.3. The van der Waals surface area contributed by atoms with Crippen LogP contribution in [0.2, 0.25) is 10.3 Å². The third kappa shape index (κ3) is 1.90. The van der Waals surface area contributed by atoms with E-state index in [1.165, 1.54) is 22.8 Å². The van der Waals surface area contributed by atoms with Crippen molar-refractivity contribution in [3.05, 3.63) is 52.1 Å². The van der Waals surface area contributed by atoms with E-state index in [2.05, 4.69) is 10.1 Å². The minimum absolute atomic E-state index is 0.0881. The number of rotatable bonds is 1. The van der Waals surface area contributed by atoms with Crippen LogP contribution in [-0.4, -0.2) is 14.6 Å². The highest BCUT2D eigenvalue weighted by atomic mass is 35.5. The van der Waals surface area contributed by atoms with Crippen LogP contribution in [-0.2, 0) is 0 Å². The van der Waals surface area contributed by atoms with Gasteiger partial charge in [-0.3, -0.25) is 0 Å². The molecule has 0 N–H and O–H groups in total. The van der Waals surface area contributed by atoms with Gasteiger partial charge in [0.15, 0.2) is 5.65 Å². The highest BCUT2D eigenvalue weighted by Crippen LogP contribution is 2.34. The molecule has 2 aromatic heterocycles.